The summed E-state index contributed by atoms with van der Waals surface area (Å²) in [6.07, 6.45) is 1.59. The third-order valence-corrected chi connectivity index (χ3v) is 5.68. The first-order valence-corrected chi connectivity index (χ1v) is 10.0. The lowest BCUT2D eigenvalue weighted by Gasteiger charge is -2.13. The number of imide groups is 1. The fourth-order valence-corrected chi connectivity index (χ4v) is 3.87. The molecule has 29 heavy (non-hydrogen) atoms. The Morgan fingerprint density at radius 2 is 1.97 bits per heavy atom. The molecule has 1 N–H and O–H groups in total. The van der Waals surface area contributed by atoms with E-state index in [0.29, 0.717) is 16.2 Å². The predicted molar refractivity (Wildman–Crippen MR) is 112 cm³/mol. The second-order valence-corrected chi connectivity index (χ2v) is 7.80. The number of ether oxygens (including phenoxy) is 2. The largest absolute Gasteiger partial charge is 0.493 e. The number of carboxylic acid groups (broad SMARTS) is 1. The van der Waals surface area contributed by atoms with Crippen LogP contribution in [0.25, 0.3) is 6.08 Å². The van der Waals surface area contributed by atoms with Gasteiger partial charge < -0.3 is 14.6 Å². The van der Waals surface area contributed by atoms with Gasteiger partial charge in [0, 0.05) is 4.47 Å². The van der Waals surface area contributed by atoms with E-state index in [4.69, 9.17) is 14.6 Å². The van der Waals surface area contributed by atoms with Gasteiger partial charge in [0.2, 0.25) is 0 Å². The quantitative estimate of drug-likeness (QED) is 0.598. The number of nitrogens with zero attached hydrogens (tertiary/aromatic N) is 1. The molecule has 7 nitrogen and oxygen atoms in total. The van der Waals surface area contributed by atoms with Crippen molar-refractivity contribution in [2.45, 2.75) is 6.54 Å². The molecule has 1 saturated heterocycles. The van der Waals surface area contributed by atoms with Gasteiger partial charge in [-0.2, -0.15) is 0 Å². The Morgan fingerprint density at radius 1 is 1.21 bits per heavy atom. The Kier molecular flexibility index (Phi) is 6.60. The summed E-state index contributed by atoms with van der Waals surface area (Å²) in [5, 5.41) is 8.39. The molecule has 0 spiro atoms. The summed E-state index contributed by atoms with van der Waals surface area (Å²) >= 11 is 4.29. The van der Waals surface area contributed by atoms with E-state index >= 15 is 0 Å². The van der Waals surface area contributed by atoms with Gasteiger partial charge in [0.25, 0.3) is 11.1 Å². The molecular formula is C20H16BrNO6S. The summed E-state index contributed by atoms with van der Waals surface area (Å²) in [7, 11) is 1.43. The van der Waals surface area contributed by atoms with Crippen LogP contribution < -0.4 is 9.47 Å². The maximum Gasteiger partial charge on any atom is 0.341 e. The Balaban J connectivity index is 1.80. The van der Waals surface area contributed by atoms with Crippen molar-refractivity contribution in [3.63, 3.8) is 0 Å². The predicted octanol–water partition coefficient (Wildman–Crippen LogP) is 4.16. The Bertz CT molecular complexity index is 1010. The van der Waals surface area contributed by atoms with Gasteiger partial charge in [-0.05, 0) is 47.2 Å². The third-order valence-electron chi connectivity index (χ3n) is 4.00. The standard InChI is InChI=1S/C20H16BrNO6S/c1-27-16-8-12(6-7-15(16)28-11-18(23)24)9-17-19(25)22(20(26)29-17)10-13-4-2-3-5-14(13)21/h2-9H,10-11H2,1H3,(H,23,24)/b17-9-. The van der Waals surface area contributed by atoms with Gasteiger partial charge in [-0.25, -0.2) is 4.79 Å². The van der Waals surface area contributed by atoms with Crippen LogP contribution in [0, 0.1) is 0 Å². The van der Waals surface area contributed by atoms with Gasteiger partial charge in [0.1, 0.15) is 0 Å². The number of benzene rings is 2. The molecule has 2 aromatic carbocycles. The molecule has 2 aromatic rings. The lowest BCUT2D eigenvalue weighted by atomic mass is 10.1. The monoisotopic (exact) mass is 477 g/mol. The number of carbonyl (C=O) groups excluding carboxylic acids is 2. The average Bonchev–Trinajstić information content (AvgIpc) is 2.95. The zero-order chi connectivity index (χ0) is 21.0. The van der Waals surface area contributed by atoms with E-state index in [1.165, 1.54) is 12.0 Å². The summed E-state index contributed by atoms with van der Waals surface area (Å²) in [5.41, 5.74) is 1.45. The molecule has 1 fully saturated rings. The highest BCUT2D eigenvalue weighted by Crippen LogP contribution is 2.35. The zero-order valence-electron chi connectivity index (χ0n) is 15.3. The Labute approximate surface area is 179 Å². The number of carbonyl (C=O) groups is 3. The summed E-state index contributed by atoms with van der Waals surface area (Å²) in [5.74, 6) is -0.877. The molecule has 0 atom stereocenters. The van der Waals surface area contributed by atoms with Crippen LogP contribution >= 0.6 is 27.7 Å². The first-order valence-electron chi connectivity index (χ1n) is 8.40. The van der Waals surface area contributed by atoms with Crippen LogP contribution in [0.15, 0.2) is 51.8 Å². The minimum absolute atomic E-state index is 0.175. The average molecular weight is 478 g/mol. The van der Waals surface area contributed by atoms with Gasteiger partial charge in [-0.1, -0.05) is 40.2 Å². The first kappa shape index (κ1) is 20.9. The minimum atomic E-state index is -1.10. The van der Waals surface area contributed by atoms with Crippen molar-refractivity contribution in [3.8, 4) is 11.5 Å². The molecular weight excluding hydrogens is 462 g/mol. The van der Waals surface area contributed by atoms with Crippen molar-refractivity contribution < 1.29 is 29.0 Å². The van der Waals surface area contributed by atoms with Crippen LogP contribution in [-0.4, -0.2) is 40.8 Å². The number of rotatable bonds is 7. The number of carboxylic acids is 1. The maximum absolute atomic E-state index is 12.7. The van der Waals surface area contributed by atoms with E-state index in [2.05, 4.69) is 15.9 Å². The molecule has 0 unspecified atom stereocenters. The molecule has 1 heterocycles. The molecule has 2 amide bonds. The second-order valence-electron chi connectivity index (χ2n) is 5.95. The number of thioether (sulfide) groups is 1. The zero-order valence-corrected chi connectivity index (χ0v) is 17.7. The van der Waals surface area contributed by atoms with Crippen molar-refractivity contribution in [1.29, 1.82) is 0 Å². The van der Waals surface area contributed by atoms with Crippen molar-refractivity contribution in [3.05, 3.63) is 63.0 Å². The summed E-state index contributed by atoms with van der Waals surface area (Å²) in [6.45, 7) is -0.321. The Hall–Kier alpha value is -2.78. The topological polar surface area (TPSA) is 93.1 Å². The smallest absolute Gasteiger partial charge is 0.341 e. The molecule has 150 valence electrons. The molecule has 0 radical (unpaired) electrons. The number of halogens is 1. The highest BCUT2D eigenvalue weighted by Gasteiger charge is 2.35. The second kappa shape index (κ2) is 9.15. The summed E-state index contributed by atoms with van der Waals surface area (Å²) < 4.78 is 11.2. The highest BCUT2D eigenvalue weighted by atomic mass is 79.9. The summed E-state index contributed by atoms with van der Waals surface area (Å²) in [4.78, 5) is 37.2. The van der Waals surface area contributed by atoms with Gasteiger partial charge in [0.05, 0.1) is 18.6 Å². The van der Waals surface area contributed by atoms with Crippen LogP contribution in [-0.2, 0) is 16.1 Å². The van der Waals surface area contributed by atoms with E-state index in [9.17, 15) is 14.4 Å². The fraction of sp³-hybridized carbons (Fsp3) is 0.150. The third kappa shape index (κ3) is 4.99. The van der Waals surface area contributed by atoms with Gasteiger partial charge in [-0.3, -0.25) is 14.5 Å². The van der Waals surface area contributed by atoms with E-state index in [1.54, 1.807) is 24.3 Å². The molecule has 0 aromatic heterocycles. The lowest BCUT2D eigenvalue weighted by molar-refractivity contribution is -0.139. The highest BCUT2D eigenvalue weighted by molar-refractivity contribution is 9.10. The molecule has 1 aliphatic rings. The van der Waals surface area contributed by atoms with Gasteiger partial charge >= 0.3 is 5.97 Å². The molecule has 0 saturated carbocycles. The van der Waals surface area contributed by atoms with Crippen LogP contribution in [0.5, 0.6) is 11.5 Å². The van der Waals surface area contributed by atoms with Crippen LogP contribution in [0.2, 0.25) is 0 Å². The van der Waals surface area contributed by atoms with E-state index < -0.39 is 12.6 Å². The number of amides is 2. The molecule has 0 bridgehead atoms. The van der Waals surface area contributed by atoms with Crippen molar-refractivity contribution in [2.24, 2.45) is 0 Å². The first-order chi connectivity index (χ1) is 13.9. The SMILES string of the molecule is COc1cc(/C=C2\SC(=O)N(Cc3ccccc3Br)C2=O)ccc1OCC(=O)O. The van der Waals surface area contributed by atoms with Crippen LogP contribution in [0.1, 0.15) is 11.1 Å². The van der Waals surface area contributed by atoms with E-state index in [1.807, 2.05) is 24.3 Å². The molecule has 1 aliphatic heterocycles. The Morgan fingerprint density at radius 3 is 2.66 bits per heavy atom. The molecule has 0 aliphatic carbocycles. The maximum atomic E-state index is 12.7. The van der Waals surface area contributed by atoms with Crippen molar-refractivity contribution in [1.82, 2.24) is 4.90 Å². The van der Waals surface area contributed by atoms with Crippen molar-refractivity contribution in [2.75, 3.05) is 13.7 Å². The number of hydrogen-bond acceptors (Lipinski definition) is 6. The van der Waals surface area contributed by atoms with Crippen molar-refractivity contribution >= 4 is 50.9 Å². The molecule has 3 rings (SSSR count). The minimum Gasteiger partial charge on any atom is -0.493 e. The number of aliphatic carboxylic acids is 1. The lowest BCUT2D eigenvalue weighted by Crippen LogP contribution is -2.27. The van der Waals surface area contributed by atoms with Crippen LogP contribution in [0.3, 0.4) is 0 Å². The van der Waals surface area contributed by atoms with Gasteiger partial charge in [0.15, 0.2) is 18.1 Å². The number of hydrogen-bond donors (Lipinski definition) is 1. The van der Waals surface area contributed by atoms with E-state index in [0.717, 1.165) is 21.8 Å². The number of methoxy groups -OCH3 is 1. The normalized spacial score (nSPS) is 15.1. The van der Waals surface area contributed by atoms with Gasteiger partial charge in [-0.15, -0.1) is 0 Å². The van der Waals surface area contributed by atoms with Crippen LogP contribution in [0.4, 0.5) is 4.79 Å². The molecule has 9 heteroatoms. The summed E-state index contributed by atoms with van der Waals surface area (Å²) in [6, 6.07) is 12.2. The van der Waals surface area contributed by atoms with E-state index in [-0.39, 0.29) is 23.4 Å². The fourth-order valence-electron chi connectivity index (χ4n) is 2.62.